The van der Waals surface area contributed by atoms with Gasteiger partial charge in [0.1, 0.15) is 6.10 Å². The first-order valence-electron chi connectivity index (χ1n) is 10.8. The Morgan fingerprint density at radius 1 is 0.889 bits per heavy atom. The molecule has 0 N–H and O–H groups in total. The Hall–Kier alpha value is -0.240. The summed E-state index contributed by atoms with van der Waals surface area (Å²) in [6.07, 6.45) is 7.67. The van der Waals surface area contributed by atoms with Crippen LogP contribution >= 0.6 is 0 Å². The van der Waals surface area contributed by atoms with E-state index in [0.717, 1.165) is 32.3 Å². The van der Waals surface area contributed by atoms with Gasteiger partial charge in [-0.15, -0.1) is 0 Å². The lowest BCUT2D eigenvalue weighted by molar-refractivity contribution is -0.249. The lowest BCUT2D eigenvalue weighted by Crippen LogP contribution is -2.43. The standard InChI is InChI=1S/C21H34O6/c1-20-5-3-14(9-17(20)26-20)11-22-7-8-23-16-12-24-19(25-13-16)15-4-6-21(2)18(10-15)27-21/h14-19H,3-13H2,1-2H3. The molecule has 5 fully saturated rings. The summed E-state index contributed by atoms with van der Waals surface area (Å²) >= 11 is 0. The summed E-state index contributed by atoms with van der Waals surface area (Å²) in [6.45, 7) is 7.74. The van der Waals surface area contributed by atoms with Crippen molar-refractivity contribution in [1.82, 2.24) is 0 Å². The Morgan fingerprint density at radius 3 is 2.30 bits per heavy atom. The van der Waals surface area contributed by atoms with Crippen molar-refractivity contribution in [2.24, 2.45) is 11.8 Å². The molecular formula is C21H34O6. The van der Waals surface area contributed by atoms with Crippen molar-refractivity contribution in [1.29, 1.82) is 0 Å². The minimum atomic E-state index is -0.0866. The van der Waals surface area contributed by atoms with E-state index in [4.69, 9.17) is 28.4 Å². The topological polar surface area (TPSA) is 62.0 Å². The molecule has 6 atom stereocenters. The first-order chi connectivity index (χ1) is 13.0. The first kappa shape index (κ1) is 18.8. The quantitative estimate of drug-likeness (QED) is 0.498. The van der Waals surface area contributed by atoms with E-state index in [-0.39, 0.29) is 23.6 Å². The number of rotatable bonds is 7. The molecular weight excluding hydrogens is 348 g/mol. The summed E-state index contributed by atoms with van der Waals surface area (Å²) in [4.78, 5) is 0. The van der Waals surface area contributed by atoms with Crippen molar-refractivity contribution in [3.63, 3.8) is 0 Å². The molecule has 6 heteroatoms. The smallest absolute Gasteiger partial charge is 0.160 e. The van der Waals surface area contributed by atoms with Gasteiger partial charge >= 0.3 is 0 Å². The maximum absolute atomic E-state index is 5.95. The molecule has 2 saturated carbocycles. The summed E-state index contributed by atoms with van der Waals surface area (Å²) in [6, 6.07) is 0. The Kier molecular flexibility index (Phi) is 5.02. The molecule has 0 aromatic carbocycles. The van der Waals surface area contributed by atoms with E-state index >= 15 is 0 Å². The highest BCUT2D eigenvalue weighted by atomic mass is 16.7. The highest BCUT2D eigenvalue weighted by Crippen LogP contribution is 2.50. The normalized spacial score (nSPS) is 51.3. The van der Waals surface area contributed by atoms with E-state index in [0.29, 0.717) is 50.5 Å². The maximum Gasteiger partial charge on any atom is 0.160 e. The van der Waals surface area contributed by atoms with Gasteiger partial charge in [-0.25, -0.2) is 0 Å². The average Bonchev–Trinajstić information content (AvgIpc) is 3.54. The molecule has 3 heterocycles. The Bertz CT molecular complexity index is 535. The highest BCUT2D eigenvalue weighted by molar-refractivity contribution is 5.04. The average molecular weight is 382 g/mol. The molecule has 5 aliphatic rings. The zero-order chi connectivity index (χ0) is 18.5. The molecule has 154 valence electrons. The van der Waals surface area contributed by atoms with Crippen LogP contribution in [0.5, 0.6) is 0 Å². The van der Waals surface area contributed by atoms with Gasteiger partial charge in [0.2, 0.25) is 0 Å². The lowest BCUT2D eigenvalue weighted by Gasteiger charge is -2.35. The van der Waals surface area contributed by atoms with E-state index < -0.39 is 0 Å². The number of hydrogen-bond donors (Lipinski definition) is 0. The Labute approximate surface area is 162 Å². The molecule has 3 saturated heterocycles. The Morgan fingerprint density at radius 2 is 1.59 bits per heavy atom. The number of fused-ring (bicyclic) bond motifs is 2. The van der Waals surface area contributed by atoms with Gasteiger partial charge in [0, 0.05) is 12.5 Å². The number of hydrogen-bond acceptors (Lipinski definition) is 6. The van der Waals surface area contributed by atoms with Crippen molar-refractivity contribution in [3.05, 3.63) is 0 Å². The van der Waals surface area contributed by atoms with Gasteiger partial charge in [0.05, 0.1) is 49.8 Å². The van der Waals surface area contributed by atoms with Gasteiger partial charge in [-0.1, -0.05) is 0 Å². The molecule has 0 amide bonds. The van der Waals surface area contributed by atoms with Gasteiger partial charge in [0.15, 0.2) is 6.29 Å². The highest BCUT2D eigenvalue weighted by Gasteiger charge is 2.57. The van der Waals surface area contributed by atoms with Gasteiger partial charge in [-0.3, -0.25) is 0 Å². The molecule has 0 spiro atoms. The molecule has 27 heavy (non-hydrogen) atoms. The fourth-order valence-electron chi connectivity index (χ4n) is 5.18. The van der Waals surface area contributed by atoms with Crippen LogP contribution in [0.4, 0.5) is 0 Å². The third kappa shape index (κ3) is 4.07. The third-order valence-electron chi connectivity index (χ3n) is 7.41. The molecule has 3 aliphatic heterocycles. The fourth-order valence-corrected chi connectivity index (χ4v) is 5.18. The van der Waals surface area contributed by atoms with Gasteiger partial charge < -0.3 is 28.4 Å². The molecule has 0 aromatic heterocycles. The first-order valence-corrected chi connectivity index (χ1v) is 10.8. The second-order valence-electron chi connectivity index (χ2n) is 9.62. The van der Waals surface area contributed by atoms with E-state index in [1.54, 1.807) is 0 Å². The van der Waals surface area contributed by atoms with Crippen LogP contribution in [-0.2, 0) is 28.4 Å². The van der Waals surface area contributed by atoms with Crippen LogP contribution in [0.3, 0.4) is 0 Å². The summed E-state index contributed by atoms with van der Waals surface area (Å²) in [5.74, 6) is 1.10. The summed E-state index contributed by atoms with van der Waals surface area (Å²) in [5.41, 5.74) is 0.348. The predicted molar refractivity (Wildman–Crippen MR) is 97.5 cm³/mol. The van der Waals surface area contributed by atoms with Crippen LogP contribution < -0.4 is 0 Å². The molecule has 0 bridgehead atoms. The largest absolute Gasteiger partial charge is 0.379 e. The summed E-state index contributed by atoms with van der Waals surface area (Å²) in [5, 5.41) is 0. The molecule has 5 rings (SSSR count). The summed E-state index contributed by atoms with van der Waals surface area (Å²) in [7, 11) is 0. The monoisotopic (exact) mass is 382 g/mol. The van der Waals surface area contributed by atoms with Crippen LogP contribution in [-0.4, -0.2) is 68.8 Å². The van der Waals surface area contributed by atoms with Crippen molar-refractivity contribution in [3.8, 4) is 0 Å². The van der Waals surface area contributed by atoms with Crippen molar-refractivity contribution in [2.75, 3.05) is 33.0 Å². The zero-order valence-corrected chi connectivity index (χ0v) is 16.7. The minimum Gasteiger partial charge on any atom is -0.379 e. The van der Waals surface area contributed by atoms with Gasteiger partial charge in [-0.2, -0.15) is 0 Å². The molecule has 2 aliphatic carbocycles. The van der Waals surface area contributed by atoms with E-state index in [9.17, 15) is 0 Å². The predicted octanol–water partition coefficient (Wildman–Crippen LogP) is 2.68. The van der Waals surface area contributed by atoms with Crippen LogP contribution in [0, 0.1) is 11.8 Å². The van der Waals surface area contributed by atoms with Crippen molar-refractivity contribution >= 4 is 0 Å². The van der Waals surface area contributed by atoms with E-state index in [2.05, 4.69) is 13.8 Å². The summed E-state index contributed by atoms with van der Waals surface area (Å²) < 4.78 is 35.1. The SMILES string of the molecule is CC12CCC(COCCOC3COC(C4CCC5(C)OC5C4)OC3)CC1O2. The maximum atomic E-state index is 5.95. The van der Waals surface area contributed by atoms with Crippen molar-refractivity contribution in [2.45, 2.75) is 88.2 Å². The molecule has 6 unspecified atom stereocenters. The van der Waals surface area contributed by atoms with E-state index in [1.165, 1.54) is 12.8 Å². The molecule has 0 radical (unpaired) electrons. The number of epoxide rings is 2. The molecule has 0 aromatic rings. The van der Waals surface area contributed by atoms with Crippen LogP contribution in [0.25, 0.3) is 0 Å². The van der Waals surface area contributed by atoms with Gasteiger partial charge in [-0.05, 0) is 58.3 Å². The second-order valence-corrected chi connectivity index (χ2v) is 9.62. The second kappa shape index (κ2) is 7.22. The third-order valence-corrected chi connectivity index (χ3v) is 7.41. The zero-order valence-electron chi connectivity index (χ0n) is 16.7. The molecule has 6 nitrogen and oxygen atoms in total. The lowest BCUT2D eigenvalue weighted by atomic mass is 9.82. The minimum absolute atomic E-state index is 0.0196. The van der Waals surface area contributed by atoms with Crippen LogP contribution in [0.1, 0.15) is 52.4 Å². The van der Waals surface area contributed by atoms with Crippen molar-refractivity contribution < 1.29 is 28.4 Å². The van der Waals surface area contributed by atoms with Gasteiger partial charge in [0.25, 0.3) is 0 Å². The van der Waals surface area contributed by atoms with Crippen LogP contribution in [0.15, 0.2) is 0 Å². The van der Waals surface area contributed by atoms with Crippen LogP contribution in [0.2, 0.25) is 0 Å². The number of ether oxygens (including phenoxy) is 6. The Balaban J connectivity index is 0.924. The van der Waals surface area contributed by atoms with E-state index in [1.807, 2.05) is 0 Å². The fraction of sp³-hybridized carbons (Fsp3) is 1.00.